The average molecular weight is 322 g/mol. The van der Waals surface area contributed by atoms with Crippen LogP contribution in [0.4, 0.5) is 0 Å². The van der Waals surface area contributed by atoms with Crippen molar-refractivity contribution in [2.75, 3.05) is 6.54 Å². The van der Waals surface area contributed by atoms with E-state index >= 15 is 0 Å². The maximum absolute atomic E-state index is 12.9. The Morgan fingerprint density at radius 1 is 1.33 bits per heavy atom. The summed E-state index contributed by atoms with van der Waals surface area (Å²) < 4.78 is 0. The molecule has 0 bridgehead atoms. The summed E-state index contributed by atoms with van der Waals surface area (Å²) in [5.74, 6) is 0.189. The molecule has 1 aromatic carbocycles. The number of hydrogen-bond donors (Lipinski definition) is 1. The molecule has 1 aromatic heterocycles. The van der Waals surface area contributed by atoms with E-state index in [4.69, 9.17) is 0 Å². The van der Waals surface area contributed by atoms with Gasteiger partial charge in [0.1, 0.15) is 5.75 Å². The van der Waals surface area contributed by atoms with Crippen molar-refractivity contribution in [3.8, 4) is 17.0 Å². The molecule has 3 rings (SSSR count). The van der Waals surface area contributed by atoms with Crippen molar-refractivity contribution in [2.24, 2.45) is 0 Å². The minimum absolute atomic E-state index is 0.0572. The molecule has 1 atom stereocenters. The molecule has 1 aliphatic rings. The third-order valence-corrected chi connectivity index (χ3v) is 4.33. The first kappa shape index (κ1) is 16.2. The molecule has 0 radical (unpaired) electrons. The molecule has 124 valence electrons. The second kappa shape index (κ2) is 7.30. The number of carbonyl (C=O) groups excluding carboxylic acids is 1. The quantitative estimate of drug-likeness (QED) is 0.846. The molecular weight excluding hydrogens is 300 g/mol. The molecule has 0 fully saturated rings. The van der Waals surface area contributed by atoms with Crippen LogP contribution in [0.2, 0.25) is 0 Å². The molecule has 1 amide bonds. The number of carbonyl (C=O) groups is 1. The van der Waals surface area contributed by atoms with E-state index in [1.54, 1.807) is 12.1 Å². The molecule has 0 spiro atoms. The number of unbranched alkanes of at least 4 members (excludes halogenated alkanes) is 1. The lowest BCUT2D eigenvalue weighted by Gasteiger charge is -2.25. The zero-order valence-corrected chi connectivity index (χ0v) is 13.9. The van der Waals surface area contributed by atoms with Crippen LogP contribution in [0.1, 0.15) is 36.5 Å². The summed E-state index contributed by atoms with van der Waals surface area (Å²) in [7, 11) is 0. The molecule has 0 aliphatic carbocycles. The first-order valence-corrected chi connectivity index (χ1v) is 8.42. The van der Waals surface area contributed by atoms with Crippen LogP contribution in [-0.4, -0.2) is 33.5 Å². The summed E-state index contributed by atoms with van der Waals surface area (Å²) >= 11 is 0. The van der Waals surface area contributed by atoms with Gasteiger partial charge in [0.25, 0.3) is 5.91 Å². The van der Waals surface area contributed by atoms with E-state index in [0.29, 0.717) is 12.1 Å². The van der Waals surface area contributed by atoms with Gasteiger partial charge in [0, 0.05) is 17.7 Å². The molecule has 1 aliphatic heterocycles. The average Bonchev–Trinajstić information content (AvgIpc) is 3.08. The van der Waals surface area contributed by atoms with Crippen LogP contribution in [0.3, 0.4) is 0 Å². The maximum Gasteiger partial charge on any atom is 0.254 e. The van der Waals surface area contributed by atoms with Crippen LogP contribution in [0, 0.1) is 0 Å². The Morgan fingerprint density at radius 3 is 2.96 bits per heavy atom. The predicted molar refractivity (Wildman–Crippen MR) is 94.8 cm³/mol. The van der Waals surface area contributed by atoms with Crippen LogP contribution in [0.15, 0.2) is 54.7 Å². The Morgan fingerprint density at radius 2 is 2.21 bits per heavy atom. The van der Waals surface area contributed by atoms with Crippen molar-refractivity contribution in [1.29, 1.82) is 0 Å². The highest BCUT2D eigenvalue weighted by atomic mass is 16.3. The molecular formula is C20H22N2O2. The van der Waals surface area contributed by atoms with Crippen molar-refractivity contribution < 1.29 is 9.90 Å². The third-order valence-electron chi connectivity index (χ3n) is 4.33. The Kier molecular flexibility index (Phi) is 4.94. The highest BCUT2D eigenvalue weighted by Gasteiger charge is 2.25. The normalized spacial score (nSPS) is 16.5. The lowest BCUT2D eigenvalue weighted by molar-refractivity contribution is 0.0743. The second-order valence-electron chi connectivity index (χ2n) is 6.08. The standard InChI is InChI=1S/C20H22N2O2/c1-2-3-8-17-9-5-12-22(17)20(24)16-7-4-6-15(13-16)19-11-10-18(23)14-21-19/h4-7,9-11,13-14,17,23H,2-3,8,12H2,1H3/t17-/m1/s1. The fourth-order valence-corrected chi connectivity index (χ4v) is 3.00. The number of aromatic nitrogens is 1. The molecule has 4 heteroatoms. The van der Waals surface area contributed by atoms with Crippen molar-refractivity contribution >= 4 is 5.91 Å². The van der Waals surface area contributed by atoms with Gasteiger partial charge in [0.15, 0.2) is 0 Å². The fourth-order valence-electron chi connectivity index (χ4n) is 3.00. The van der Waals surface area contributed by atoms with E-state index in [0.717, 1.165) is 30.5 Å². The molecule has 2 heterocycles. The van der Waals surface area contributed by atoms with Crippen molar-refractivity contribution in [3.63, 3.8) is 0 Å². The maximum atomic E-state index is 12.9. The Hall–Kier alpha value is -2.62. The van der Waals surface area contributed by atoms with Gasteiger partial charge in [-0.05, 0) is 30.7 Å². The van der Waals surface area contributed by atoms with Crippen LogP contribution in [0.5, 0.6) is 5.75 Å². The van der Waals surface area contributed by atoms with E-state index in [2.05, 4.69) is 24.1 Å². The van der Waals surface area contributed by atoms with Crippen molar-refractivity contribution in [3.05, 3.63) is 60.3 Å². The molecule has 0 unspecified atom stereocenters. The largest absolute Gasteiger partial charge is 0.506 e. The highest BCUT2D eigenvalue weighted by Crippen LogP contribution is 2.23. The van der Waals surface area contributed by atoms with Crippen LogP contribution in [-0.2, 0) is 0 Å². The Bertz CT molecular complexity index is 738. The van der Waals surface area contributed by atoms with Gasteiger partial charge in [-0.25, -0.2) is 0 Å². The summed E-state index contributed by atoms with van der Waals surface area (Å²) in [4.78, 5) is 19.0. The van der Waals surface area contributed by atoms with E-state index in [1.807, 2.05) is 29.2 Å². The second-order valence-corrected chi connectivity index (χ2v) is 6.08. The van der Waals surface area contributed by atoms with Gasteiger partial charge in [0.2, 0.25) is 0 Å². The van der Waals surface area contributed by atoms with E-state index in [-0.39, 0.29) is 17.7 Å². The molecule has 0 saturated carbocycles. The number of nitrogens with zero attached hydrogens (tertiary/aromatic N) is 2. The summed E-state index contributed by atoms with van der Waals surface area (Å²) in [5, 5.41) is 9.36. The van der Waals surface area contributed by atoms with Crippen LogP contribution >= 0.6 is 0 Å². The Labute approximate surface area is 142 Å². The molecule has 2 aromatic rings. The van der Waals surface area contributed by atoms with E-state index in [9.17, 15) is 9.90 Å². The summed E-state index contributed by atoms with van der Waals surface area (Å²) in [5.41, 5.74) is 2.29. The van der Waals surface area contributed by atoms with Gasteiger partial charge < -0.3 is 10.0 Å². The van der Waals surface area contributed by atoms with Gasteiger partial charge in [-0.1, -0.05) is 44.1 Å². The molecule has 0 saturated heterocycles. The molecule has 24 heavy (non-hydrogen) atoms. The SMILES string of the molecule is CCCC[C@@H]1C=CCN1C(=O)c1cccc(-c2ccc(O)cn2)c1. The highest BCUT2D eigenvalue weighted by molar-refractivity contribution is 5.96. The summed E-state index contributed by atoms with van der Waals surface area (Å²) in [6.07, 6.45) is 8.89. The predicted octanol–water partition coefficient (Wildman–Crippen LogP) is 4.03. The molecule has 4 nitrogen and oxygen atoms in total. The molecule has 1 N–H and O–H groups in total. The minimum atomic E-state index is 0.0572. The first-order valence-electron chi connectivity index (χ1n) is 8.42. The van der Waals surface area contributed by atoms with Gasteiger partial charge in [-0.2, -0.15) is 0 Å². The zero-order chi connectivity index (χ0) is 16.9. The number of aromatic hydroxyl groups is 1. The number of rotatable bonds is 5. The number of benzene rings is 1. The number of pyridine rings is 1. The Balaban J connectivity index is 1.80. The lowest BCUT2D eigenvalue weighted by atomic mass is 10.1. The monoisotopic (exact) mass is 322 g/mol. The van der Waals surface area contributed by atoms with Crippen molar-refractivity contribution in [2.45, 2.75) is 32.2 Å². The van der Waals surface area contributed by atoms with E-state index < -0.39 is 0 Å². The van der Waals surface area contributed by atoms with Crippen LogP contribution in [0.25, 0.3) is 11.3 Å². The fraction of sp³-hybridized carbons (Fsp3) is 0.300. The first-order chi connectivity index (χ1) is 11.7. The van der Waals surface area contributed by atoms with Crippen LogP contribution < -0.4 is 0 Å². The van der Waals surface area contributed by atoms with Gasteiger partial charge in [-0.15, -0.1) is 0 Å². The number of hydrogen-bond acceptors (Lipinski definition) is 3. The smallest absolute Gasteiger partial charge is 0.254 e. The topological polar surface area (TPSA) is 53.4 Å². The zero-order valence-electron chi connectivity index (χ0n) is 13.9. The van der Waals surface area contributed by atoms with E-state index in [1.165, 1.54) is 6.20 Å². The third kappa shape index (κ3) is 3.48. The summed E-state index contributed by atoms with van der Waals surface area (Å²) in [6.45, 7) is 2.84. The summed E-state index contributed by atoms with van der Waals surface area (Å²) in [6, 6.07) is 11.1. The van der Waals surface area contributed by atoms with Gasteiger partial charge in [-0.3, -0.25) is 9.78 Å². The van der Waals surface area contributed by atoms with Gasteiger partial charge >= 0.3 is 0 Å². The number of amides is 1. The van der Waals surface area contributed by atoms with Crippen molar-refractivity contribution in [1.82, 2.24) is 9.88 Å². The minimum Gasteiger partial charge on any atom is -0.506 e. The lowest BCUT2D eigenvalue weighted by Crippen LogP contribution is -2.36. The van der Waals surface area contributed by atoms with Gasteiger partial charge in [0.05, 0.1) is 17.9 Å².